The maximum atomic E-state index is 2.53. The van der Waals surface area contributed by atoms with Crippen LogP contribution in [-0.2, 0) is 29.1 Å². The molecule has 9 aromatic rings. The van der Waals surface area contributed by atoms with Crippen molar-refractivity contribution < 1.29 is 0 Å². The van der Waals surface area contributed by atoms with Gasteiger partial charge in [0.05, 0.1) is 16.8 Å². The van der Waals surface area contributed by atoms with Crippen molar-refractivity contribution in [3.8, 4) is 22.3 Å². The summed E-state index contributed by atoms with van der Waals surface area (Å²) in [5.74, 6) is 0. The third-order valence-electron chi connectivity index (χ3n) is 18.0. The summed E-state index contributed by atoms with van der Waals surface area (Å²) in [7, 11) is 0. The van der Waals surface area contributed by atoms with Crippen LogP contribution >= 0.6 is 0 Å². The zero-order valence-corrected chi connectivity index (χ0v) is 52.8. The topological polar surface area (TPSA) is 6.48 Å². The molecule has 1 aliphatic rings. The summed E-state index contributed by atoms with van der Waals surface area (Å²) >= 11 is 0. The van der Waals surface area contributed by atoms with E-state index in [1.165, 1.54) is 163 Å². The molecule has 0 saturated heterocycles. The lowest BCUT2D eigenvalue weighted by Crippen LogP contribution is -2.28. The molecule has 0 fully saturated rings. The average Bonchev–Trinajstić information content (AvgIpc) is 1.72. The molecule has 1 aliphatic carbocycles. The standard InChI is InChI=1S/C81H92N2/c1-15-17-19-21-23-61-28-35-65(36-29-61)81(66-37-30-62(31-38-66)24-22-20-18-16-2)75-49-56(4)27-47-73(75)74-48-34-64(54-76(74)81)63-32-41-70(42-33-63)83(78-59(7)52-68(53-60(78)8)80(12,13)14)72-45-43-71(44-46-72)82(69-39-25-55(3)26-40-69)77-57(5)50-67(51-58(77)6)79(9,10)11/h25-54H,15-24H2,1-14H3. The van der Waals surface area contributed by atoms with Gasteiger partial charge in [0.2, 0.25) is 0 Å². The van der Waals surface area contributed by atoms with Gasteiger partial charge in [0, 0.05) is 22.7 Å². The van der Waals surface area contributed by atoms with Gasteiger partial charge in [-0.15, -0.1) is 0 Å². The summed E-state index contributed by atoms with van der Waals surface area (Å²) in [6, 6.07) is 71.3. The Morgan fingerprint density at radius 2 is 0.687 bits per heavy atom. The molecule has 2 heteroatoms. The number of nitrogens with zero attached hydrogens (tertiary/aromatic N) is 2. The van der Waals surface area contributed by atoms with Crippen molar-refractivity contribution in [2.75, 3.05) is 9.80 Å². The number of hydrogen-bond acceptors (Lipinski definition) is 2. The second kappa shape index (κ2) is 24.4. The lowest BCUT2D eigenvalue weighted by Gasteiger charge is -2.34. The van der Waals surface area contributed by atoms with Gasteiger partial charge in [-0.2, -0.15) is 0 Å². The van der Waals surface area contributed by atoms with Crippen molar-refractivity contribution in [3.63, 3.8) is 0 Å². The first-order valence-electron chi connectivity index (χ1n) is 31.4. The van der Waals surface area contributed by atoms with Gasteiger partial charge in [-0.3, -0.25) is 0 Å². The molecule has 0 N–H and O–H groups in total. The Balaban J connectivity index is 1.08. The number of fused-ring (bicyclic) bond motifs is 3. The Kier molecular flexibility index (Phi) is 17.3. The van der Waals surface area contributed by atoms with Crippen LogP contribution in [0.2, 0.25) is 0 Å². The van der Waals surface area contributed by atoms with Crippen molar-refractivity contribution in [3.05, 3.63) is 260 Å². The van der Waals surface area contributed by atoms with E-state index < -0.39 is 5.41 Å². The quantitative estimate of drug-likeness (QED) is 0.0745. The monoisotopic (exact) mass is 1090 g/mol. The van der Waals surface area contributed by atoms with E-state index in [4.69, 9.17) is 0 Å². The maximum absolute atomic E-state index is 2.53. The average molecular weight is 1090 g/mol. The van der Waals surface area contributed by atoms with E-state index in [-0.39, 0.29) is 10.8 Å². The molecule has 0 heterocycles. The zero-order chi connectivity index (χ0) is 58.8. The van der Waals surface area contributed by atoms with E-state index in [0.29, 0.717) is 0 Å². The molecule has 0 aliphatic heterocycles. The summed E-state index contributed by atoms with van der Waals surface area (Å²) < 4.78 is 0. The molecule has 2 nitrogen and oxygen atoms in total. The molecule has 0 bridgehead atoms. The molecule has 0 aromatic heterocycles. The smallest absolute Gasteiger partial charge is 0.0713 e. The summed E-state index contributed by atoms with van der Waals surface area (Å²) in [5, 5.41) is 0. The van der Waals surface area contributed by atoms with Gasteiger partial charge < -0.3 is 9.80 Å². The SMILES string of the molecule is CCCCCCc1ccc(C2(c3ccc(CCCCCC)cc3)c3cc(C)ccc3-c3ccc(-c4ccc(N(c5ccc(N(c6ccc(C)cc6)c6c(C)cc(C(C)(C)C)cc6C)cc5)c5c(C)cc(C(C)(C)C)cc5C)cc4)cc32)cc1. The second-order valence-electron chi connectivity index (χ2n) is 26.6. The van der Waals surface area contributed by atoms with Gasteiger partial charge in [-0.25, -0.2) is 0 Å². The molecule has 0 saturated carbocycles. The fourth-order valence-electron chi connectivity index (χ4n) is 13.3. The lowest BCUT2D eigenvalue weighted by molar-refractivity contribution is 0.589. The van der Waals surface area contributed by atoms with E-state index in [9.17, 15) is 0 Å². The molecule has 426 valence electrons. The van der Waals surface area contributed by atoms with Gasteiger partial charge in [-0.1, -0.05) is 232 Å². The first kappa shape index (κ1) is 58.8. The van der Waals surface area contributed by atoms with E-state index in [2.05, 4.69) is 289 Å². The van der Waals surface area contributed by atoms with E-state index in [1.54, 1.807) is 0 Å². The molecule has 0 radical (unpaired) electrons. The number of rotatable bonds is 19. The van der Waals surface area contributed by atoms with Gasteiger partial charge in [0.15, 0.2) is 0 Å². The van der Waals surface area contributed by atoms with Crippen LogP contribution < -0.4 is 9.80 Å². The van der Waals surface area contributed by atoms with Crippen molar-refractivity contribution in [2.45, 2.75) is 177 Å². The van der Waals surface area contributed by atoms with Crippen LogP contribution in [0.15, 0.2) is 182 Å². The number of anilines is 6. The van der Waals surface area contributed by atoms with E-state index in [1.807, 2.05) is 0 Å². The minimum atomic E-state index is -0.492. The number of unbranched alkanes of at least 4 members (excludes halogenated alkanes) is 6. The highest BCUT2D eigenvalue weighted by Gasteiger charge is 2.46. The molecular formula is C81H92N2. The Morgan fingerprint density at radius 1 is 0.337 bits per heavy atom. The Morgan fingerprint density at radius 3 is 1.08 bits per heavy atom. The minimum absolute atomic E-state index is 0.0191. The van der Waals surface area contributed by atoms with Crippen LogP contribution in [0.3, 0.4) is 0 Å². The lowest BCUT2D eigenvalue weighted by atomic mass is 9.67. The first-order chi connectivity index (χ1) is 39.8. The summed E-state index contributed by atoms with van der Waals surface area (Å²) in [6.45, 7) is 32.0. The highest BCUT2D eigenvalue weighted by Crippen LogP contribution is 2.57. The van der Waals surface area contributed by atoms with Crippen LogP contribution in [-0.4, -0.2) is 0 Å². The van der Waals surface area contributed by atoms with Crippen LogP contribution in [0.5, 0.6) is 0 Å². The third-order valence-corrected chi connectivity index (χ3v) is 18.0. The maximum Gasteiger partial charge on any atom is 0.0713 e. The van der Waals surface area contributed by atoms with E-state index in [0.717, 1.165) is 35.6 Å². The fraction of sp³-hybridized carbons (Fsp3) is 0.333. The van der Waals surface area contributed by atoms with Crippen molar-refractivity contribution in [1.82, 2.24) is 0 Å². The molecule has 9 aromatic carbocycles. The van der Waals surface area contributed by atoms with Gasteiger partial charge in [-0.05, 0) is 222 Å². The number of hydrogen-bond donors (Lipinski definition) is 0. The molecule has 10 rings (SSSR count). The second-order valence-corrected chi connectivity index (χ2v) is 26.6. The Hall–Kier alpha value is -7.42. The van der Waals surface area contributed by atoms with Crippen molar-refractivity contribution >= 4 is 34.1 Å². The molecule has 0 spiro atoms. The summed E-state index contributed by atoms with van der Waals surface area (Å²) in [5.41, 5.74) is 30.1. The van der Waals surface area contributed by atoms with Crippen LogP contribution in [0.4, 0.5) is 34.1 Å². The Labute approximate surface area is 500 Å². The van der Waals surface area contributed by atoms with Crippen molar-refractivity contribution in [1.29, 1.82) is 0 Å². The predicted octanol–water partition coefficient (Wildman–Crippen LogP) is 23.3. The van der Waals surface area contributed by atoms with Crippen LogP contribution in [0, 0.1) is 41.5 Å². The minimum Gasteiger partial charge on any atom is -0.310 e. The third kappa shape index (κ3) is 12.0. The molecule has 0 unspecified atom stereocenters. The normalized spacial score (nSPS) is 12.8. The molecule has 0 atom stereocenters. The van der Waals surface area contributed by atoms with Gasteiger partial charge in [0.1, 0.15) is 0 Å². The summed E-state index contributed by atoms with van der Waals surface area (Å²) in [4.78, 5) is 4.94. The highest BCUT2D eigenvalue weighted by molar-refractivity contribution is 5.90. The highest BCUT2D eigenvalue weighted by atomic mass is 15.2. The van der Waals surface area contributed by atoms with Crippen LogP contribution in [0.1, 0.15) is 185 Å². The predicted molar refractivity (Wildman–Crippen MR) is 360 cm³/mol. The van der Waals surface area contributed by atoms with Crippen LogP contribution in [0.25, 0.3) is 22.3 Å². The molecule has 0 amide bonds. The summed E-state index contributed by atoms with van der Waals surface area (Å²) in [6.07, 6.45) is 12.4. The largest absolute Gasteiger partial charge is 0.310 e. The van der Waals surface area contributed by atoms with E-state index >= 15 is 0 Å². The molecule has 83 heavy (non-hydrogen) atoms. The van der Waals surface area contributed by atoms with Gasteiger partial charge in [0.25, 0.3) is 0 Å². The first-order valence-corrected chi connectivity index (χ1v) is 31.4. The van der Waals surface area contributed by atoms with Gasteiger partial charge >= 0.3 is 0 Å². The number of benzene rings is 9. The van der Waals surface area contributed by atoms with Crippen molar-refractivity contribution in [2.24, 2.45) is 0 Å². The number of aryl methyl sites for hydroxylation is 8. The Bertz CT molecular complexity index is 3590. The fourth-order valence-corrected chi connectivity index (χ4v) is 13.3. The zero-order valence-electron chi connectivity index (χ0n) is 52.8. The molecular weight excluding hydrogens is 1000 g/mol.